The summed E-state index contributed by atoms with van der Waals surface area (Å²) in [7, 11) is 0. The molecule has 1 N–H and O–H groups in total. The molecule has 3 aromatic rings. The number of rotatable bonds is 6. The number of hydrogen-bond donors (Lipinski definition) is 1. The number of furan rings is 2. The summed E-state index contributed by atoms with van der Waals surface area (Å²) in [5.41, 5.74) is 1.15. The fourth-order valence-corrected chi connectivity index (χ4v) is 3.13. The van der Waals surface area contributed by atoms with Crippen molar-refractivity contribution in [3.63, 3.8) is 0 Å². The van der Waals surface area contributed by atoms with Crippen LogP contribution in [0.4, 0.5) is 5.69 Å². The first kappa shape index (κ1) is 18.5. The first-order chi connectivity index (χ1) is 14.1. The molecular weight excluding hydrogens is 374 g/mol. The number of hydrogen-bond acceptors (Lipinski definition) is 6. The monoisotopic (exact) mass is 393 g/mol. The van der Waals surface area contributed by atoms with Crippen molar-refractivity contribution in [2.24, 2.45) is 5.10 Å². The lowest BCUT2D eigenvalue weighted by Crippen LogP contribution is -2.31. The van der Waals surface area contributed by atoms with Crippen LogP contribution in [-0.4, -0.2) is 29.1 Å². The van der Waals surface area contributed by atoms with Crippen molar-refractivity contribution in [1.82, 2.24) is 5.01 Å². The van der Waals surface area contributed by atoms with Gasteiger partial charge in [0.2, 0.25) is 5.91 Å². The summed E-state index contributed by atoms with van der Waals surface area (Å²) in [6, 6.07) is 13.7. The highest BCUT2D eigenvalue weighted by Crippen LogP contribution is 2.33. The van der Waals surface area contributed by atoms with E-state index in [1.165, 1.54) is 11.9 Å². The molecular formula is C21H19N3O5. The number of carbonyl (C=O) groups is 2. The van der Waals surface area contributed by atoms with Gasteiger partial charge in [-0.25, -0.2) is 5.01 Å². The Hall–Kier alpha value is -3.81. The van der Waals surface area contributed by atoms with Crippen LogP contribution in [0.15, 0.2) is 75.0 Å². The minimum absolute atomic E-state index is 0.225. The smallest absolute Gasteiger partial charge is 0.281 e. The summed E-state index contributed by atoms with van der Waals surface area (Å²) in [6.45, 7) is 1.16. The lowest BCUT2D eigenvalue weighted by Gasteiger charge is -2.20. The van der Waals surface area contributed by atoms with Crippen LogP contribution in [0.3, 0.4) is 0 Å². The van der Waals surface area contributed by atoms with E-state index in [1.807, 2.05) is 0 Å². The topological polar surface area (TPSA) is 97.3 Å². The summed E-state index contributed by atoms with van der Waals surface area (Å²) < 4.78 is 16.6. The first-order valence-electron chi connectivity index (χ1n) is 9.08. The van der Waals surface area contributed by atoms with E-state index in [9.17, 15) is 9.59 Å². The van der Waals surface area contributed by atoms with Gasteiger partial charge >= 0.3 is 0 Å². The Kier molecular flexibility index (Phi) is 5.15. The third kappa shape index (κ3) is 4.06. The molecule has 2 aromatic heterocycles. The molecule has 0 aliphatic carbocycles. The van der Waals surface area contributed by atoms with Crippen LogP contribution in [0.25, 0.3) is 0 Å². The van der Waals surface area contributed by atoms with Crippen LogP contribution in [0.1, 0.15) is 30.9 Å². The highest BCUT2D eigenvalue weighted by Gasteiger charge is 2.35. The van der Waals surface area contributed by atoms with Gasteiger partial charge in [0, 0.05) is 13.3 Å². The van der Waals surface area contributed by atoms with Crippen molar-refractivity contribution in [2.75, 3.05) is 11.9 Å². The second-order valence-corrected chi connectivity index (χ2v) is 6.46. The molecule has 0 saturated heterocycles. The molecule has 148 valence electrons. The number of nitrogens with zero attached hydrogens (tertiary/aromatic N) is 2. The number of para-hydroxylation sites is 2. The maximum Gasteiger partial charge on any atom is 0.281 e. The molecule has 0 fully saturated rings. The van der Waals surface area contributed by atoms with Crippen molar-refractivity contribution in [2.45, 2.75) is 19.4 Å². The van der Waals surface area contributed by atoms with Crippen LogP contribution in [0, 0.1) is 0 Å². The molecule has 1 aromatic carbocycles. The van der Waals surface area contributed by atoms with E-state index in [0.717, 1.165) is 0 Å². The molecule has 2 amide bonds. The van der Waals surface area contributed by atoms with Gasteiger partial charge in [-0.2, -0.15) is 5.10 Å². The van der Waals surface area contributed by atoms with Crippen molar-refractivity contribution in [1.29, 1.82) is 0 Å². The molecule has 1 atom stereocenters. The van der Waals surface area contributed by atoms with Crippen LogP contribution in [0.2, 0.25) is 0 Å². The Morgan fingerprint density at radius 1 is 1.14 bits per heavy atom. The zero-order chi connectivity index (χ0) is 20.2. The quantitative estimate of drug-likeness (QED) is 0.690. The SMILES string of the molecule is CC(=O)Nc1ccccc1OCC(=O)N1N=C(c2ccco2)C[C@@H]1c1ccco1. The van der Waals surface area contributed by atoms with Crippen molar-refractivity contribution < 1.29 is 23.2 Å². The summed E-state index contributed by atoms with van der Waals surface area (Å²) in [4.78, 5) is 24.3. The highest BCUT2D eigenvalue weighted by molar-refractivity contribution is 6.01. The molecule has 3 heterocycles. The number of amides is 2. The minimum atomic E-state index is -0.383. The van der Waals surface area contributed by atoms with Gasteiger partial charge in [0.25, 0.3) is 5.91 Å². The molecule has 8 nitrogen and oxygen atoms in total. The average molecular weight is 393 g/mol. The summed E-state index contributed by atoms with van der Waals surface area (Å²) in [6.07, 6.45) is 3.59. The van der Waals surface area contributed by atoms with Crippen molar-refractivity contribution >= 4 is 23.2 Å². The molecule has 29 heavy (non-hydrogen) atoms. The van der Waals surface area contributed by atoms with Gasteiger partial charge in [-0.1, -0.05) is 12.1 Å². The van der Waals surface area contributed by atoms with E-state index in [0.29, 0.717) is 35.1 Å². The van der Waals surface area contributed by atoms with E-state index >= 15 is 0 Å². The van der Waals surface area contributed by atoms with Gasteiger partial charge in [-0.15, -0.1) is 0 Å². The fourth-order valence-electron chi connectivity index (χ4n) is 3.13. The van der Waals surface area contributed by atoms with Gasteiger partial charge in [0.1, 0.15) is 29.0 Å². The van der Waals surface area contributed by atoms with E-state index < -0.39 is 0 Å². The number of anilines is 1. The Bertz CT molecular complexity index is 1020. The number of nitrogens with one attached hydrogen (secondary N) is 1. The molecule has 1 aliphatic heterocycles. The van der Waals surface area contributed by atoms with Crippen LogP contribution < -0.4 is 10.1 Å². The molecule has 4 rings (SSSR count). The largest absolute Gasteiger partial charge is 0.482 e. The third-order valence-corrected chi connectivity index (χ3v) is 4.39. The number of benzene rings is 1. The normalized spacial score (nSPS) is 15.8. The van der Waals surface area contributed by atoms with Gasteiger partial charge in [-0.3, -0.25) is 9.59 Å². The van der Waals surface area contributed by atoms with Crippen LogP contribution in [-0.2, 0) is 9.59 Å². The van der Waals surface area contributed by atoms with Gasteiger partial charge in [-0.05, 0) is 36.4 Å². The summed E-state index contributed by atoms with van der Waals surface area (Å²) in [5.74, 6) is 1.07. The van der Waals surface area contributed by atoms with E-state index in [2.05, 4.69) is 10.4 Å². The number of hydrazone groups is 1. The zero-order valence-electron chi connectivity index (χ0n) is 15.7. The maximum atomic E-state index is 12.9. The number of ether oxygens (including phenoxy) is 1. The fraction of sp³-hybridized carbons (Fsp3) is 0.190. The van der Waals surface area contributed by atoms with Crippen LogP contribution in [0.5, 0.6) is 5.75 Å². The predicted molar refractivity (Wildman–Crippen MR) is 104 cm³/mol. The van der Waals surface area contributed by atoms with Crippen LogP contribution >= 0.6 is 0 Å². The second kappa shape index (κ2) is 8.05. The Balaban J connectivity index is 1.52. The third-order valence-electron chi connectivity index (χ3n) is 4.39. The lowest BCUT2D eigenvalue weighted by molar-refractivity contribution is -0.135. The maximum absolute atomic E-state index is 12.9. The minimum Gasteiger partial charge on any atom is -0.482 e. The standard InChI is InChI=1S/C21H19N3O5/c1-14(25)22-15-6-2-3-7-18(15)29-13-21(26)24-17(20-9-5-11-28-20)12-16(23-24)19-8-4-10-27-19/h2-11,17H,12-13H2,1H3,(H,22,25)/t17-/m1/s1. The predicted octanol–water partition coefficient (Wildman–Crippen LogP) is 3.59. The first-order valence-corrected chi connectivity index (χ1v) is 9.08. The Morgan fingerprint density at radius 2 is 1.93 bits per heavy atom. The average Bonchev–Trinajstić information content (AvgIpc) is 3.47. The van der Waals surface area contributed by atoms with Gasteiger partial charge in [0.15, 0.2) is 6.61 Å². The Labute approximate surface area is 166 Å². The van der Waals surface area contributed by atoms with E-state index in [1.54, 1.807) is 61.1 Å². The molecule has 1 aliphatic rings. The van der Waals surface area contributed by atoms with Crippen molar-refractivity contribution in [3.05, 3.63) is 72.6 Å². The van der Waals surface area contributed by atoms with E-state index in [4.69, 9.17) is 13.6 Å². The van der Waals surface area contributed by atoms with Gasteiger partial charge < -0.3 is 18.9 Å². The molecule has 0 saturated carbocycles. The summed E-state index contributed by atoms with van der Waals surface area (Å²) in [5, 5.41) is 8.49. The second-order valence-electron chi connectivity index (χ2n) is 6.46. The van der Waals surface area contributed by atoms with E-state index in [-0.39, 0.29) is 24.5 Å². The van der Waals surface area contributed by atoms with Gasteiger partial charge in [0.05, 0.1) is 18.2 Å². The molecule has 0 bridgehead atoms. The molecule has 0 spiro atoms. The number of carbonyl (C=O) groups excluding carboxylic acids is 2. The lowest BCUT2D eigenvalue weighted by atomic mass is 10.1. The van der Waals surface area contributed by atoms with Crippen molar-refractivity contribution in [3.8, 4) is 5.75 Å². The zero-order valence-corrected chi connectivity index (χ0v) is 15.7. The molecule has 0 unspecified atom stereocenters. The molecule has 0 radical (unpaired) electrons. The Morgan fingerprint density at radius 3 is 2.66 bits per heavy atom. The highest BCUT2D eigenvalue weighted by atomic mass is 16.5. The molecule has 8 heteroatoms. The summed E-state index contributed by atoms with van der Waals surface area (Å²) >= 11 is 0.